The summed E-state index contributed by atoms with van der Waals surface area (Å²) in [5.74, 6) is 2.79. The smallest absolute Gasteiger partial charge is 0.128 e. The summed E-state index contributed by atoms with van der Waals surface area (Å²) >= 11 is 0. The monoisotopic (exact) mass is 193 g/mol. The molecule has 1 aliphatic carbocycles. The summed E-state index contributed by atoms with van der Waals surface area (Å²) in [6, 6.07) is 0. The van der Waals surface area contributed by atoms with Crippen LogP contribution in [-0.2, 0) is 9.53 Å². The van der Waals surface area contributed by atoms with Gasteiger partial charge in [0.15, 0.2) is 0 Å². The lowest BCUT2D eigenvalue weighted by molar-refractivity contribution is 0.304. The second-order valence-electron chi connectivity index (χ2n) is 3.20. The fourth-order valence-corrected chi connectivity index (χ4v) is 1.44. The lowest BCUT2D eigenvalue weighted by atomic mass is 9.91. The molecule has 2 N–H and O–H groups in total. The Morgan fingerprint density at radius 3 is 3.00 bits per heavy atom. The maximum atomic E-state index is 10.7. The maximum absolute atomic E-state index is 10.7. The maximum Gasteiger partial charge on any atom is 0.128 e. The number of allylic oxidation sites excluding steroid dienone is 4. The summed E-state index contributed by atoms with van der Waals surface area (Å²) in [6.07, 6.45) is 7.38. The van der Waals surface area contributed by atoms with Crippen LogP contribution in [0, 0.1) is 5.92 Å². The van der Waals surface area contributed by atoms with E-state index in [1.165, 1.54) is 0 Å². The molecule has 0 bridgehead atoms. The van der Waals surface area contributed by atoms with E-state index in [4.69, 9.17) is 10.5 Å². The number of ether oxygens (including phenoxy) is 1. The van der Waals surface area contributed by atoms with Crippen molar-refractivity contribution in [3.8, 4) is 0 Å². The average Bonchev–Trinajstić information content (AvgIpc) is 2.26. The summed E-state index contributed by atoms with van der Waals surface area (Å²) in [5, 5.41) is 0. The minimum Gasteiger partial charge on any atom is -0.497 e. The van der Waals surface area contributed by atoms with E-state index in [1.807, 2.05) is 18.1 Å². The second-order valence-corrected chi connectivity index (χ2v) is 3.20. The van der Waals surface area contributed by atoms with Crippen molar-refractivity contribution in [1.82, 2.24) is 0 Å². The van der Waals surface area contributed by atoms with Crippen LogP contribution >= 0.6 is 0 Å². The fourth-order valence-electron chi connectivity index (χ4n) is 1.44. The molecule has 0 aromatic rings. The molecule has 0 heterocycles. The van der Waals surface area contributed by atoms with Crippen LogP contribution in [0.15, 0.2) is 29.6 Å². The summed E-state index contributed by atoms with van der Waals surface area (Å²) in [4.78, 5) is 10.7. The Kier molecular flexibility index (Phi) is 4.17. The predicted molar refractivity (Wildman–Crippen MR) is 55.2 cm³/mol. The molecule has 0 saturated carbocycles. The highest BCUT2D eigenvalue weighted by Gasteiger charge is 2.14. The zero-order chi connectivity index (χ0) is 10.4. The van der Waals surface area contributed by atoms with Crippen LogP contribution in [0.1, 0.15) is 12.8 Å². The van der Waals surface area contributed by atoms with Crippen LogP contribution in [0.2, 0.25) is 0 Å². The van der Waals surface area contributed by atoms with Gasteiger partial charge < -0.3 is 10.5 Å². The highest BCUT2D eigenvalue weighted by atomic mass is 16.5. The average molecular weight is 193 g/mol. The molecule has 1 unspecified atom stereocenters. The molecule has 0 aromatic heterocycles. The standard InChI is InChI=1S/C11H15NO2/c1-14-11-5-4-9(3-2-6-12)10(7-11)8-13/h4-5,7,9H,2-3,6,12H2,1H3. The zero-order valence-electron chi connectivity index (χ0n) is 8.32. The van der Waals surface area contributed by atoms with Crippen molar-refractivity contribution in [3.05, 3.63) is 29.6 Å². The molecule has 14 heavy (non-hydrogen) atoms. The van der Waals surface area contributed by atoms with E-state index >= 15 is 0 Å². The van der Waals surface area contributed by atoms with Crippen molar-refractivity contribution in [2.24, 2.45) is 11.7 Å². The summed E-state index contributed by atoms with van der Waals surface area (Å²) in [6.45, 7) is 0.650. The van der Waals surface area contributed by atoms with Crippen molar-refractivity contribution in [3.63, 3.8) is 0 Å². The third-order valence-electron chi connectivity index (χ3n) is 2.26. The molecule has 0 spiro atoms. The van der Waals surface area contributed by atoms with E-state index in [9.17, 15) is 4.79 Å². The van der Waals surface area contributed by atoms with Gasteiger partial charge in [-0.25, -0.2) is 4.79 Å². The van der Waals surface area contributed by atoms with E-state index < -0.39 is 0 Å². The van der Waals surface area contributed by atoms with E-state index in [0.29, 0.717) is 17.9 Å². The normalized spacial score (nSPS) is 20.3. The molecular formula is C11H15NO2. The lowest BCUT2D eigenvalue weighted by Crippen LogP contribution is -2.08. The number of carbonyl (C=O) groups excluding carboxylic acids is 1. The van der Waals surface area contributed by atoms with Crippen LogP contribution in [-0.4, -0.2) is 19.6 Å². The number of nitrogens with two attached hydrogens (primary N) is 1. The van der Waals surface area contributed by atoms with Crippen LogP contribution in [0.5, 0.6) is 0 Å². The molecule has 0 aromatic carbocycles. The molecule has 3 heteroatoms. The first-order valence-corrected chi connectivity index (χ1v) is 4.70. The Hall–Kier alpha value is -1.31. The predicted octanol–water partition coefficient (Wildman–Crippen LogP) is 1.20. The van der Waals surface area contributed by atoms with Crippen molar-refractivity contribution in [1.29, 1.82) is 0 Å². The number of hydrogen-bond donors (Lipinski definition) is 1. The van der Waals surface area contributed by atoms with E-state index in [2.05, 4.69) is 0 Å². The van der Waals surface area contributed by atoms with E-state index in [1.54, 1.807) is 13.2 Å². The Labute approximate surface area is 83.9 Å². The molecule has 0 fully saturated rings. The van der Waals surface area contributed by atoms with Gasteiger partial charge >= 0.3 is 0 Å². The molecule has 1 rings (SSSR count). The Bertz CT molecular complexity index is 298. The van der Waals surface area contributed by atoms with Crippen LogP contribution in [0.3, 0.4) is 0 Å². The molecule has 3 nitrogen and oxygen atoms in total. The minimum atomic E-state index is 0.148. The van der Waals surface area contributed by atoms with Crippen molar-refractivity contribution >= 4 is 5.94 Å². The number of hydrogen-bond acceptors (Lipinski definition) is 3. The van der Waals surface area contributed by atoms with Gasteiger partial charge in [-0.15, -0.1) is 0 Å². The van der Waals surface area contributed by atoms with Gasteiger partial charge in [-0.3, -0.25) is 0 Å². The largest absolute Gasteiger partial charge is 0.497 e. The van der Waals surface area contributed by atoms with Crippen molar-refractivity contribution in [2.45, 2.75) is 12.8 Å². The molecule has 0 amide bonds. The Morgan fingerprint density at radius 1 is 1.64 bits per heavy atom. The summed E-state index contributed by atoms with van der Waals surface area (Å²) in [5.41, 5.74) is 6.06. The molecule has 0 aliphatic heterocycles. The van der Waals surface area contributed by atoms with Gasteiger partial charge in [0.1, 0.15) is 11.7 Å². The van der Waals surface area contributed by atoms with Gasteiger partial charge in [0, 0.05) is 11.5 Å². The first-order valence-electron chi connectivity index (χ1n) is 4.70. The fraction of sp³-hybridized carbons (Fsp3) is 0.455. The second kappa shape index (κ2) is 5.43. The highest BCUT2D eigenvalue weighted by molar-refractivity contribution is 5.61. The number of methoxy groups -OCH3 is 1. The topological polar surface area (TPSA) is 52.3 Å². The molecule has 1 aliphatic rings. The molecular weight excluding hydrogens is 178 g/mol. The minimum absolute atomic E-state index is 0.148. The first-order chi connectivity index (χ1) is 6.81. The molecule has 0 saturated heterocycles. The van der Waals surface area contributed by atoms with Gasteiger partial charge in [0.2, 0.25) is 0 Å². The summed E-state index contributed by atoms with van der Waals surface area (Å²) in [7, 11) is 1.58. The third-order valence-corrected chi connectivity index (χ3v) is 2.26. The van der Waals surface area contributed by atoms with Gasteiger partial charge in [-0.2, -0.15) is 0 Å². The van der Waals surface area contributed by atoms with E-state index in [0.717, 1.165) is 12.8 Å². The third kappa shape index (κ3) is 2.59. The highest BCUT2D eigenvalue weighted by Crippen LogP contribution is 2.24. The van der Waals surface area contributed by atoms with Crippen molar-refractivity contribution < 1.29 is 9.53 Å². The van der Waals surface area contributed by atoms with Crippen LogP contribution < -0.4 is 5.73 Å². The van der Waals surface area contributed by atoms with Crippen LogP contribution in [0.25, 0.3) is 0 Å². The summed E-state index contributed by atoms with van der Waals surface area (Å²) < 4.78 is 5.03. The van der Waals surface area contributed by atoms with Gasteiger partial charge in [0.05, 0.1) is 7.11 Å². The SMILES string of the molecule is COC1=CC(=C=O)C(CCCN)C=C1. The van der Waals surface area contributed by atoms with Gasteiger partial charge in [-0.05, 0) is 31.5 Å². The van der Waals surface area contributed by atoms with Gasteiger partial charge in [-0.1, -0.05) is 6.08 Å². The quantitative estimate of drug-likeness (QED) is 0.682. The molecule has 0 radical (unpaired) electrons. The van der Waals surface area contributed by atoms with E-state index in [-0.39, 0.29) is 5.92 Å². The van der Waals surface area contributed by atoms with Crippen LogP contribution in [0.4, 0.5) is 0 Å². The van der Waals surface area contributed by atoms with Crippen molar-refractivity contribution in [2.75, 3.05) is 13.7 Å². The zero-order valence-corrected chi connectivity index (χ0v) is 8.32. The van der Waals surface area contributed by atoms with Gasteiger partial charge in [0.25, 0.3) is 0 Å². The molecule has 76 valence electrons. The number of rotatable bonds is 4. The Morgan fingerprint density at radius 2 is 2.43 bits per heavy atom. The Balaban J connectivity index is 2.69. The lowest BCUT2D eigenvalue weighted by Gasteiger charge is -2.15. The molecule has 1 atom stereocenters. The first kappa shape index (κ1) is 10.8.